The molecule has 0 bridgehead atoms. The van der Waals surface area contributed by atoms with E-state index in [0.717, 1.165) is 43.6 Å². The van der Waals surface area contributed by atoms with E-state index in [0.29, 0.717) is 18.9 Å². The lowest BCUT2D eigenvalue weighted by Gasteiger charge is -2.33. The van der Waals surface area contributed by atoms with Crippen LogP contribution in [0.5, 0.6) is 11.5 Å². The Morgan fingerprint density at radius 1 is 1.00 bits per heavy atom. The molecule has 0 spiro atoms. The molecular weight excluding hydrogens is 440 g/mol. The van der Waals surface area contributed by atoms with Gasteiger partial charge >= 0.3 is 11.9 Å². The Hall–Kier alpha value is -3.59. The summed E-state index contributed by atoms with van der Waals surface area (Å²) in [6.07, 6.45) is 1.77. The molecule has 3 N–H and O–H groups in total. The quantitative estimate of drug-likeness (QED) is 0.525. The highest BCUT2D eigenvalue weighted by atomic mass is 16.5. The number of phenolic OH excluding ortho intramolecular Hbond substituents is 1. The highest BCUT2D eigenvalue weighted by molar-refractivity contribution is 6.27. The third-order valence-electron chi connectivity index (χ3n) is 5.49. The predicted molar refractivity (Wildman–Crippen MR) is 125 cm³/mol. The van der Waals surface area contributed by atoms with Gasteiger partial charge in [0.15, 0.2) is 11.5 Å². The van der Waals surface area contributed by atoms with Crippen LogP contribution in [0.15, 0.2) is 48.5 Å². The third kappa shape index (κ3) is 8.40. The van der Waals surface area contributed by atoms with Gasteiger partial charge in [-0.25, -0.2) is 9.59 Å². The second kappa shape index (κ2) is 13.2. The first-order valence-electron chi connectivity index (χ1n) is 11.1. The number of nitrogens with zero attached hydrogens (tertiary/aromatic N) is 2. The van der Waals surface area contributed by atoms with E-state index in [9.17, 15) is 9.90 Å². The molecule has 9 nitrogen and oxygen atoms in total. The minimum Gasteiger partial charge on any atom is -0.504 e. The minimum atomic E-state index is -1.82. The number of carbonyl (C=O) groups is 3. The number of hydrogen-bond acceptors (Lipinski definition) is 6. The molecule has 0 unspecified atom stereocenters. The first kappa shape index (κ1) is 26.7. The van der Waals surface area contributed by atoms with Crippen LogP contribution in [0.3, 0.4) is 0 Å². The number of phenols is 1. The van der Waals surface area contributed by atoms with Crippen LogP contribution in [0.2, 0.25) is 0 Å². The monoisotopic (exact) mass is 472 g/mol. The van der Waals surface area contributed by atoms with E-state index in [-0.39, 0.29) is 17.6 Å². The Balaban J connectivity index is 0.000000604. The topological polar surface area (TPSA) is 128 Å². The number of carbonyl (C=O) groups excluding carboxylic acids is 1. The van der Waals surface area contributed by atoms with E-state index in [2.05, 4.69) is 17.0 Å². The Bertz CT molecular complexity index is 945. The summed E-state index contributed by atoms with van der Waals surface area (Å²) in [5, 5.41) is 24.6. The molecule has 34 heavy (non-hydrogen) atoms. The van der Waals surface area contributed by atoms with Gasteiger partial charge in [-0.05, 0) is 56.1 Å². The molecule has 2 aromatic rings. The molecule has 184 valence electrons. The molecule has 1 aliphatic rings. The minimum absolute atomic E-state index is 0.101. The molecule has 1 aliphatic heterocycles. The molecule has 0 saturated carbocycles. The van der Waals surface area contributed by atoms with Crippen LogP contribution in [0.25, 0.3) is 0 Å². The first-order valence-corrected chi connectivity index (χ1v) is 11.1. The summed E-state index contributed by atoms with van der Waals surface area (Å²) in [6, 6.07) is 15.6. The molecule has 1 amide bonds. The summed E-state index contributed by atoms with van der Waals surface area (Å²) in [5.41, 5.74) is 2.28. The Morgan fingerprint density at radius 2 is 1.62 bits per heavy atom. The van der Waals surface area contributed by atoms with Crippen molar-refractivity contribution in [3.8, 4) is 11.5 Å². The van der Waals surface area contributed by atoms with Gasteiger partial charge in [-0.1, -0.05) is 36.4 Å². The number of aliphatic carboxylic acids is 2. The molecule has 9 heteroatoms. The van der Waals surface area contributed by atoms with Gasteiger partial charge in [-0.15, -0.1) is 0 Å². The van der Waals surface area contributed by atoms with E-state index in [1.165, 1.54) is 0 Å². The fourth-order valence-electron chi connectivity index (χ4n) is 3.77. The second-order valence-electron chi connectivity index (χ2n) is 8.08. The van der Waals surface area contributed by atoms with E-state index in [1.807, 2.05) is 49.2 Å². The van der Waals surface area contributed by atoms with Crippen molar-refractivity contribution in [1.29, 1.82) is 0 Å². The SMILES string of the molecule is CCOc1cc(CN2CCC(C(=O)N(C)Cc3ccccc3)CC2)ccc1O.O=C(O)C(=O)O. The van der Waals surface area contributed by atoms with Gasteiger partial charge in [0.05, 0.1) is 6.61 Å². The summed E-state index contributed by atoms with van der Waals surface area (Å²) >= 11 is 0. The molecule has 1 saturated heterocycles. The number of hydrogen-bond donors (Lipinski definition) is 3. The zero-order valence-corrected chi connectivity index (χ0v) is 19.5. The number of benzene rings is 2. The maximum Gasteiger partial charge on any atom is 0.414 e. The van der Waals surface area contributed by atoms with Crippen molar-refractivity contribution in [3.63, 3.8) is 0 Å². The number of amides is 1. The Labute approximate surface area is 199 Å². The van der Waals surface area contributed by atoms with Crippen LogP contribution in [0, 0.1) is 5.92 Å². The molecule has 1 fully saturated rings. The van der Waals surface area contributed by atoms with Crippen molar-refractivity contribution >= 4 is 17.8 Å². The van der Waals surface area contributed by atoms with Crippen molar-refractivity contribution in [1.82, 2.24) is 9.80 Å². The molecule has 0 radical (unpaired) electrons. The van der Waals surface area contributed by atoms with Crippen molar-refractivity contribution in [2.45, 2.75) is 32.9 Å². The lowest BCUT2D eigenvalue weighted by molar-refractivity contribution is -0.159. The van der Waals surface area contributed by atoms with E-state index >= 15 is 0 Å². The van der Waals surface area contributed by atoms with Crippen LogP contribution in [0.1, 0.15) is 30.9 Å². The number of piperidine rings is 1. The lowest BCUT2D eigenvalue weighted by atomic mass is 9.95. The number of aromatic hydroxyl groups is 1. The predicted octanol–water partition coefficient (Wildman–Crippen LogP) is 2.82. The van der Waals surface area contributed by atoms with Crippen LogP contribution >= 0.6 is 0 Å². The van der Waals surface area contributed by atoms with Gasteiger partial charge in [0.25, 0.3) is 0 Å². The zero-order chi connectivity index (χ0) is 25.1. The molecule has 2 aromatic carbocycles. The van der Waals surface area contributed by atoms with Crippen LogP contribution in [-0.2, 0) is 27.5 Å². The summed E-state index contributed by atoms with van der Waals surface area (Å²) in [6.45, 7) is 5.71. The van der Waals surface area contributed by atoms with Crippen molar-refractivity contribution in [2.24, 2.45) is 5.92 Å². The molecule has 0 aliphatic carbocycles. The third-order valence-corrected chi connectivity index (χ3v) is 5.49. The summed E-state index contributed by atoms with van der Waals surface area (Å²) < 4.78 is 5.47. The maximum absolute atomic E-state index is 12.8. The second-order valence-corrected chi connectivity index (χ2v) is 8.08. The van der Waals surface area contributed by atoms with Gasteiger partial charge in [0, 0.05) is 26.1 Å². The van der Waals surface area contributed by atoms with Crippen LogP contribution < -0.4 is 4.74 Å². The molecule has 0 aromatic heterocycles. The lowest BCUT2D eigenvalue weighted by Crippen LogP contribution is -2.40. The molecule has 1 heterocycles. The maximum atomic E-state index is 12.8. The average molecular weight is 473 g/mol. The van der Waals surface area contributed by atoms with Crippen molar-refractivity contribution < 1.29 is 34.4 Å². The van der Waals surface area contributed by atoms with Crippen molar-refractivity contribution in [2.75, 3.05) is 26.7 Å². The first-order chi connectivity index (χ1) is 16.2. The van der Waals surface area contributed by atoms with Gasteiger partial charge in [-0.3, -0.25) is 9.69 Å². The molecular formula is C25H32N2O7. The summed E-state index contributed by atoms with van der Waals surface area (Å²) in [4.78, 5) is 35.2. The average Bonchev–Trinajstić information content (AvgIpc) is 2.82. The Morgan fingerprint density at radius 3 is 2.18 bits per heavy atom. The van der Waals surface area contributed by atoms with Gasteiger partial charge < -0.3 is 25.0 Å². The number of likely N-dealkylation sites (tertiary alicyclic amines) is 1. The van der Waals surface area contributed by atoms with Crippen LogP contribution in [-0.4, -0.2) is 69.7 Å². The van der Waals surface area contributed by atoms with E-state index in [4.69, 9.17) is 24.5 Å². The smallest absolute Gasteiger partial charge is 0.414 e. The normalized spacial score (nSPS) is 13.9. The van der Waals surface area contributed by atoms with Crippen LogP contribution in [0.4, 0.5) is 0 Å². The molecule has 3 rings (SSSR count). The number of ether oxygens (including phenoxy) is 1. The largest absolute Gasteiger partial charge is 0.504 e. The molecule has 0 atom stereocenters. The van der Waals surface area contributed by atoms with E-state index in [1.54, 1.807) is 6.07 Å². The van der Waals surface area contributed by atoms with Gasteiger partial charge in [-0.2, -0.15) is 0 Å². The van der Waals surface area contributed by atoms with Crippen molar-refractivity contribution in [3.05, 3.63) is 59.7 Å². The summed E-state index contributed by atoms with van der Waals surface area (Å²) in [7, 11) is 1.90. The number of carboxylic acids is 2. The van der Waals surface area contributed by atoms with Gasteiger partial charge in [0.1, 0.15) is 0 Å². The summed E-state index contributed by atoms with van der Waals surface area (Å²) in [5.74, 6) is -2.59. The highest BCUT2D eigenvalue weighted by Gasteiger charge is 2.27. The fourth-order valence-corrected chi connectivity index (χ4v) is 3.77. The Kier molecular flexibility index (Phi) is 10.3. The number of carboxylic acid groups (broad SMARTS) is 2. The van der Waals surface area contributed by atoms with Gasteiger partial charge in [0.2, 0.25) is 5.91 Å². The van der Waals surface area contributed by atoms with E-state index < -0.39 is 11.9 Å². The zero-order valence-electron chi connectivity index (χ0n) is 19.5. The standard InChI is InChI=1S/C23H30N2O3.C2H2O4/c1-3-28-22-15-19(9-10-21(22)26)17-25-13-11-20(12-14-25)23(27)24(2)16-18-7-5-4-6-8-18;3-1(4)2(5)6/h4-10,15,20,26H,3,11-14,16-17H2,1-2H3;(H,3,4)(H,5,6). The highest BCUT2D eigenvalue weighted by Crippen LogP contribution is 2.28. The fraction of sp³-hybridized carbons (Fsp3) is 0.400. The number of rotatable bonds is 7.